The molecule has 0 unspecified atom stereocenters. The van der Waals surface area contributed by atoms with Gasteiger partial charge >= 0.3 is 41.3 Å². The fourth-order valence-electron chi connectivity index (χ4n) is 4.41. The molecule has 0 bridgehead atoms. The van der Waals surface area contributed by atoms with E-state index in [0.717, 1.165) is 6.42 Å². The van der Waals surface area contributed by atoms with E-state index in [0.29, 0.717) is 5.41 Å². The number of benzene rings is 2. The molecule has 0 saturated heterocycles. The fourth-order valence-corrected chi connectivity index (χ4v) is 4.41. The van der Waals surface area contributed by atoms with Crippen LogP contribution in [0.1, 0.15) is 107 Å². The van der Waals surface area contributed by atoms with E-state index in [2.05, 4.69) is 137 Å². The molecule has 1 aliphatic carbocycles. The summed E-state index contributed by atoms with van der Waals surface area (Å²) in [5.41, 5.74) is 5.09. The Morgan fingerprint density at radius 2 is 1.18 bits per heavy atom. The monoisotopic (exact) mass is 628 g/mol. The standard InChI is InChI=1S/C21H25.C11H17.C3H6.2ClH.Zr/c1-20(2,3)16-9-7-14-11-15-8-10-17(21(4,5)6)13-19(15)18(14)12-16;1-4-11(3,5-2)10-8-6-7-9-10;1-3-2;;;/h7-13H,1-6H3;8-9H,4-6H2,1-3H3;1-2H3;2*1H;/q2*-1;;;;+2/p-2. The molecule has 0 amide bonds. The summed E-state index contributed by atoms with van der Waals surface area (Å²) in [6, 6.07) is 16.1. The largest absolute Gasteiger partial charge is 1.00 e. The smallest absolute Gasteiger partial charge is 1.00 e. The average molecular weight is 631 g/mol. The van der Waals surface area contributed by atoms with Crippen LogP contribution in [0, 0.1) is 11.5 Å². The molecule has 0 nitrogen and oxygen atoms in total. The predicted molar refractivity (Wildman–Crippen MR) is 160 cm³/mol. The minimum atomic E-state index is 0. The SMILES string of the molecule is CC(C)(C)c1ccc2[cH-]c3ccc(C(C)(C)C)cc3c2c1.CCC(C)(CC)C1=CC[C-]=C1.C[C](C)=[Zr+2].[Cl-].[Cl-]. The fraction of sp³-hybridized carbons (Fsp3) is 0.486. The molecule has 0 radical (unpaired) electrons. The van der Waals surface area contributed by atoms with Gasteiger partial charge in [-0.3, -0.25) is 6.08 Å². The molecule has 0 fully saturated rings. The van der Waals surface area contributed by atoms with E-state index in [4.69, 9.17) is 0 Å². The van der Waals surface area contributed by atoms with E-state index >= 15 is 0 Å². The summed E-state index contributed by atoms with van der Waals surface area (Å²) in [7, 11) is 0. The molecule has 0 aromatic heterocycles. The summed E-state index contributed by atoms with van der Waals surface area (Å²) >= 11 is 1.55. The van der Waals surface area contributed by atoms with Gasteiger partial charge in [-0.2, -0.15) is 11.6 Å². The maximum Gasteiger partial charge on any atom is -1.00 e. The van der Waals surface area contributed by atoms with Crippen molar-refractivity contribution in [3.63, 3.8) is 0 Å². The molecule has 0 saturated carbocycles. The molecule has 0 aliphatic heterocycles. The van der Waals surface area contributed by atoms with Crippen LogP contribution < -0.4 is 24.8 Å². The first-order valence-corrected chi connectivity index (χ1v) is 14.8. The number of fused-ring (bicyclic) bond motifs is 3. The predicted octanol–water partition coefficient (Wildman–Crippen LogP) is 4.56. The van der Waals surface area contributed by atoms with Crippen LogP contribution in [0.3, 0.4) is 0 Å². The Kier molecular flexibility index (Phi) is 14.9. The normalized spacial score (nSPS) is 13.0. The Balaban J connectivity index is 0.000000684. The van der Waals surface area contributed by atoms with Gasteiger partial charge in [0.2, 0.25) is 0 Å². The van der Waals surface area contributed by atoms with Crippen LogP contribution in [-0.4, -0.2) is 3.21 Å². The molecular weight excluding hydrogens is 583 g/mol. The second kappa shape index (κ2) is 15.2. The molecule has 3 aromatic rings. The Hall–Kier alpha value is -0.877. The second-order valence-electron chi connectivity index (χ2n) is 12.7. The molecule has 208 valence electrons. The number of allylic oxidation sites excluding steroid dienone is 4. The maximum atomic E-state index is 3.23. The minimum Gasteiger partial charge on any atom is -1.00 e. The molecular formula is C35H48Cl2Zr-2. The van der Waals surface area contributed by atoms with Crippen molar-refractivity contribution in [2.24, 2.45) is 5.41 Å². The van der Waals surface area contributed by atoms with Gasteiger partial charge in [-0.05, 0) is 10.8 Å². The van der Waals surface area contributed by atoms with Crippen LogP contribution in [0.25, 0.3) is 21.5 Å². The average Bonchev–Trinajstić information content (AvgIpc) is 3.45. The first-order valence-electron chi connectivity index (χ1n) is 13.6. The van der Waals surface area contributed by atoms with Crippen molar-refractivity contribution in [3.8, 4) is 0 Å². The molecule has 38 heavy (non-hydrogen) atoms. The summed E-state index contributed by atoms with van der Waals surface area (Å²) < 4.78 is 1.51. The van der Waals surface area contributed by atoms with Crippen molar-refractivity contribution in [2.75, 3.05) is 0 Å². The van der Waals surface area contributed by atoms with E-state index in [1.54, 1.807) is 24.2 Å². The van der Waals surface area contributed by atoms with E-state index < -0.39 is 0 Å². The van der Waals surface area contributed by atoms with E-state index in [-0.39, 0.29) is 35.6 Å². The van der Waals surface area contributed by atoms with Gasteiger partial charge in [-0.1, -0.05) is 116 Å². The van der Waals surface area contributed by atoms with Crippen molar-refractivity contribution in [3.05, 3.63) is 77.4 Å². The number of hydrogen-bond acceptors (Lipinski definition) is 0. The van der Waals surface area contributed by atoms with Gasteiger partial charge in [0.15, 0.2) is 0 Å². The Morgan fingerprint density at radius 3 is 1.47 bits per heavy atom. The topological polar surface area (TPSA) is 0 Å². The van der Waals surface area contributed by atoms with Gasteiger partial charge in [-0.25, -0.2) is 6.08 Å². The summed E-state index contributed by atoms with van der Waals surface area (Å²) in [6.45, 7) is 24.8. The van der Waals surface area contributed by atoms with Gasteiger partial charge in [0.05, 0.1) is 0 Å². The van der Waals surface area contributed by atoms with Crippen molar-refractivity contribution >= 4 is 24.8 Å². The van der Waals surface area contributed by atoms with Crippen LogP contribution >= 0.6 is 0 Å². The Bertz CT molecular complexity index is 1170. The summed E-state index contributed by atoms with van der Waals surface area (Å²) in [4.78, 5) is 0. The second-order valence-corrected chi connectivity index (χ2v) is 15.2. The molecule has 0 atom stereocenters. The molecule has 0 heterocycles. The molecule has 0 N–H and O–H groups in total. The summed E-state index contributed by atoms with van der Waals surface area (Å²) in [5, 5.41) is 5.49. The van der Waals surface area contributed by atoms with E-state index in [9.17, 15) is 0 Å². The Labute approximate surface area is 261 Å². The van der Waals surface area contributed by atoms with Crippen molar-refractivity contribution in [1.82, 2.24) is 0 Å². The van der Waals surface area contributed by atoms with Gasteiger partial charge in [0.1, 0.15) is 0 Å². The zero-order chi connectivity index (χ0) is 27.3. The first kappa shape index (κ1) is 37.1. The van der Waals surface area contributed by atoms with Crippen LogP contribution in [0.4, 0.5) is 0 Å². The zero-order valence-corrected chi connectivity index (χ0v) is 29.5. The summed E-state index contributed by atoms with van der Waals surface area (Å²) in [5.74, 6) is 0. The third-order valence-electron chi connectivity index (χ3n) is 7.39. The third-order valence-corrected chi connectivity index (χ3v) is 7.39. The van der Waals surface area contributed by atoms with Crippen LogP contribution in [-0.2, 0) is 35.1 Å². The van der Waals surface area contributed by atoms with Gasteiger partial charge < -0.3 is 24.8 Å². The van der Waals surface area contributed by atoms with Crippen LogP contribution in [0.15, 0.2) is 60.2 Å². The Morgan fingerprint density at radius 1 is 0.789 bits per heavy atom. The van der Waals surface area contributed by atoms with Gasteiger partial charge in [0, 0.05) is 0 Å². The zero-order valence-electron chi connectivity index (χ0n) is 25.6. The van der Waals surface area contributed by atoms with Crippen molar-refractivity contribution in [1.29, 1.82) is 0 Å². The molecule has 1 aliphatic rings. The van der Waals surface area contributed by atoms with Crippen LogP contribution in [0.5, 0.6) is 0 Å². The van der Waals surface area contributed by atoms with Crippen molar-refractivity contribution < 1.29 is 49.0 Å². The third kappa shape index (κ3) is 9.95. The number of rotatable bonds is 3. The summed E-state index contributed by atoms with van der Waals surface area (Å²) in [6.07, 6.45) is 11.2. The number of halogens is 2. The molecule has 4 rings (SSSR count). The molecule has 3 heteroatoms. The van der Waals surface area contributed by atoms with E-state index in [1.165, 1.54) is 54.3 Å². The van der Waals surface area contributed by atoms with Crippen LogP contribution in [0.2, 0.25) is 0 Å². The van der Waals surface area contributed by atoms with Crippen molar-refractivity contribution in [2.45, 2.75) is 106 Å². The van der Waals surface area contributed by atoms with E-state index in [1.807, 2.05) is 0 Å². The minimum absolute atomic E-state index is 0. The molecule has 3 aromatic carbocycles. The number of hydrogen-bond donors (Lipinski definition) is 0. The first-order chi connectivity index (χ1) is 16.6. The quantitative estimate of drug-likeness (QED) is 0.373. The maximum absolute atomic E-state index is 3.23. The molecule has 0 spiro atoms. The van der Waals surface area contributed by atoms with Gasteiger partial charge in [-0.15, -0.1) is 46.2 Å². The van der Waals surface area contributed by atoms with Gasteiger partial charge in [0.25, 0.3) is 0 Å².